The molecule has 1 aromatic rings. The molecule has 34 heavy (non-hydrogen) atoms. The van der Waals surface area contributed by atoms with Crippen LogP contribution in [0.1, 0.15) is 84.8 Å². The van der Waals surface area contributed by atoms with E-state index in [9.17, 15) is 14.4 Å². The molecule has 1 heterocycles. The molecule has 184 valence electrons. The summed E-state index contributed by atoms with van der Waals surface area (Å²) in [6, 6.07) is 7.46. The van der Waals surface area contributed by atoms with Crippen LogP contribution in [0.4, 0.5) is 0 Å². The molecule has 1 saturated heterocycles. The summed E-state index contributed by atoms with van der Waals surface area (Å²) in [5.74, 6) is 0.0289. The third-order valence-corrected chi connectivity index (χ3v) is 7.13. The first-order valence-electron chi connectivity index (χ1n) is 12.5. The third kappa shape index (κ3) is 5.86. The Morgan fingerprint density at radius 3 is 2.32 bits per heavy atom. The van der Waals surface area contributed by atoms with Crippen LogP contribution in [0.5, 0.6) is 0 Å². The van der Waals surface area contributed by atoms with Gasteiger partial charge in [0.1, 0.15) is 6.04 Å². The number of Topliss-reactive ketones (excluding diaryl/α,β-unsaturated/α-hetero) is 1. The van der Waals surface area contributed by atoms with E-state index in [1.165, 1.54) is 23.6 Å². The van der Waals surface area contributed by atoms with Crippen molar-refractivity contribution in [1.29, 1.82) is 0 Å². The molecule has 1 aliphatic carbocycles. The van der Waals surface area contributed by atoms with Gasteiger partial charge in [0.2, 0.25) is 11.8 Å². The first-order chi connectivity index (χ1) is 15.9. The maximum atomic E-state index is 13.5. The zero-order chi connectivity index (χ0) is 25.2. The first-order valence-corrected chi connectivity index (χ1v) is 12.5. The fourth-order valence-electron chi connectivity index (χ4n) is 5.14. The smallest absolute Gasteiger partial charge is 0.246 e. The summed E-state index contributed by atoms with van der Waals surface area (Å²) in [5.41, 5.74) is 4.59. The summed E-state index contributed by atoms with van der Waals surface area (Å²) in [4.78, 5) is 40.4. The van der Waals surface area contributed by atoms with E-state index >= 15 is 0 Å². The van der Waals surface area contributed by atoms with Crippen LogP contribution in [-0.2, 0) is 14.4 Å². The number of carbonyl (C=O) groups is 3. The van der Waals surface area contributed by atoms with Crippen LogP contribution in [-0.4, -0.2) is 41.1 Å². The standard InChI is InChI=1S/C29H40N2O3/c1-18-15-25(31(17-18)28(34)27(29(5,6)7)30-21(4)32)26(33)16-20(3)22-11-13-23(14-12-22)24-10-8-9-19(24)2/h8-9,11-14,18,20,25,27H,10,15-17H2,1-7H3,(H,30,32)/t18-,20-,25+,27-/m1/s1. The Morgan fingerprint density at radius 2 is 1.79 bits per heavy atom. The summed E-state index contributed by atoms with van der Waals surface area (Å²) in [6.45, 7) is 14.1. The van der Waals surface area contributed by atoms with Crippen LogP contribution in [0.2, 0.25) is 0 Å². The van der Waals surface area contributed by atoms with Crippen molar-refractivity contribution in [3.63, 3.8) is 0 Å². The number of hydrogen-bond donors (Lipinski definition) is 1. The number of likely N-dealkylation sites (tertiary alicyclic amines) is 1. The molecule has 4 atom stereocenters. The average molecular weight is 465 g/mol. The molecule has 0 bridgehead atoms. The van der Waals surface area contributed by atoms with Gasteiger partial charge in [0, 0.05) is 19.9 Å². The molecule has 0 saturated carbocycles. The molecule has 1 aromatic carbocycles. The van der Waals surface area contributed by atoms with Gasteiger partial charge in [-0.25, -0.2) is 0 Å². The number of ketones is 1. The van der Waals surface area contributed by atoms with Gasteiger partial charge in [0.25, 0.3) is 0 Å². The highest BCUT2D eigenvalue weighted by molar-refractivity contribution is 5.93. The number of allylic oxidation sites excluding steroid dienone is 4. The molecule has 2 amide bonds. The monoisotopic (exact) mass is 464 g/mol. The fourth-order valence-corrected chi connectivity index (χ4v) is 5.14. The summed E-state index contributed by atoms with van der Waals surface area (Å²) in [6.07, 6.45) is 6.39. The van der Waals surface area contributed by atoms with Crippen LogP contribution in [0.25, 0.3) is 5.57 Å². The molecule has 1 fully saturated rings. The zero-order valence-corrected chi connectivity index (χ0v) is 21.8. The summed E-state index contributed by atoms with van der Waals surface area (Å²) in [7, 11) is 0. The summed E-state index contributed by atoms with van der Waals surface area (Å²) < 4.78 is 0. The Labute approximate surface area is 204 Å². The fraction of sp³-hybridized carbons (Fsp3) is 0.552. The van der Waals surface area contributed by atoms with Gasteiger partial charge < -0.3 is 10.2 Å². The summed E-state index contributed by atoms with van der Waals surface area (Å²) in [5, 5.41) is 2.82. The lowest BCUT2D eigenvalue weighted by atomic mass is 9.85. The minimum Gasteiger partial charge on any atom is -0.344 e. The second kappa shape index (κ2) is 10.3. The van der Waals surface area contributed by atoms with E-state index in [0.29, 0.717) is 19.4 Å². The van der Waals surface area contributed by atoms with Gasteiger partial charge in [-0.2, -0.15) is 0 Å². The molecule has 0 aromatic heterocycles. The van der Waals surface area contributed by atoms with Crippen molar-refractivity contribution in [2.45, 2.75) is 85.7 Å². The number of hydrogen-bond acceptors (Lipinski definition) is 3. The Bertz CT molecular complexity index is 997. The summed E-state index contributed by atoms with van der Waals surface area (Å²) >= 11 is 0. The number of amides is 2. The van der Waals surface area contributed by atoms with Crippen LogP contribution in [0, 0.1) is 11.3 Å². The van der Waals surface area contributed by atoms with E-state index in [2.05, 4.69) is 62.5 Å². The minimum absolute atomic E-state index is 0.0694. The zero-order valence-electron chi connectivity index (χ0n) is 21.8. The van der Waals surface area contributed by atoms with Gasteiger partial charge in [0.15, 0.2) is 5.78 Å². The molecule has 0 unspecified atom stereocenters. The Kier molecular flexibility index (Phi) is 7.84. The van der Waals surface area contributed by atoms with Gasteiger partial charge >= 0.3 is 0 Å². The van der Waals surface area contributed by atoms with Crippen molar-refractivity contribution in [1.82, 2.24) is 10.2 Å². The van der Waals surface area contributed by atoms with E-state index in [-0.39, 0.29) is 29.4 Å². The van der Waals surface area contributed by atoms with E-state index in [0.717, 1.165) is 12.0 Å². The number of carbonyl (C=O) groups excluding carboxylic acids is 3. The van der Waals surface area contributed by atoms with Crippen molar-refractivity contribution in [2.24, 2.45) is 11.3 Å². The van der Waals surface area contributed by atoms with Crippen molar-refractivity contribution < 1.29 is 14.4 Å². The number of nitrogens with zero attached hydrogens (tertiary/aromatic N) is 1. The number of rotatable bonds is 7. The van der Waals surface area contributed by atoms with E-state index in [1.807, 2.05) is 20.8 Å². The Balaban J connectivity index is 1.71. The molecule has 1 N–H and O–H groups in total. The normalized spacial score (nSPS) is 22.1. The highest BCUT2D eigenvalue weighted by Crippen LogP contribution is 2.32. The Hall–Kier alpha value is -2.69. The van der Waals surface area contributed by atoms with Gasteiger partial charge in [-0.05, 0) is 59.3 Å². The maximum Gasteiger partial charge on any atom is 0.246 e. The lowest BCUT2D eigenvalue weighted by Gasteiger charge is -2.35. The number of nitrogens with one attached hydrogen (secondary N) is 1. The van der Waals surface area contributed by atoms with Gasteiger partial charge in [-0.1, -0.05) is 71.0 Å². The van der Waals surface area contributed by atoms with Gasteiger partial charge in [-0.15, -0.1) is 0 Å². The minimum atomic E-state index is -0.654. The molecule has 1 aliphatic heterocycles. The molecular weight excluding hydrogens is 424 g/mol. The van der Waals surface area contributed by atoms with E-state index in [1.54, 1.807) is 4.90 Å². The highest BCUT2D eigenvalue weighted by atomic mass is 16.2. The first kappa shape index (κ1) is 25.9. The van der Waals surface area contributed by atoms with Crippen molar-refractivity contribution in [3.8, 4) is 0 Å². The average Bonchev–Trinajstić information content (AvgIpc) is 3.36. The molecule has 3 rings (SSSR count). The van der Waals surface area contributed by atoms with Gasteiger partial charge in [-0.3, -0.25) is 14.4 Å². The third-order valence-electron chi connectivity index (χ3n) is 7.13. The lowest BCUT2D eigenvalue weighted by Crippen LogP contribution is -2.56. The van der Waals surface area contributed by atoms with Crippen LogP contribution in [0.15, 0.2) is 42.0 Å². The number of benzene rings is 1. The molecule has 5 heteroatoms. The lowest BCUT2D eigenvalue weighted by molar-refractivity contribution is -0.143. The largest absolute Gasteiger partial charge is 0.344 e. The van der Waals surface area contributed by atoms with Crippen molar-refractivity contribution in [2.75, 3.05) is 6.54 Å². The second-order valence-electron chi connectivity index (χ2n) is 11.3. The predicted octanol–water partition coefficient (Wildman–Crippen LogP) is 5.27. The molecule has 0 spiro atoms. The Morgan fingerprint density at radius 1 is 1.15 bits per heavy atom. The van der Waals surface area contributed by atoms with Crippen molar-refractivity contribution in [3.05, 3.63) is 53.1 Å². The SMILES string of the molecule is CC(=O)N[C@H](C(=O)N1C[C@H](C)C[C@H]1C(=O)C[C@@H](C)c1ccc(C2=C(C)C=CC2)cc1)C(C)(C)C. The molecule has 2 aliphatic rings. The van der Waals surface area contributed by atoms with Crippen LogP contribution in [0.3, 0.4) is 0 Å². The predicted molar refractivity (Wildman–Crippen MR) is 137 cm³/mol. The van der Waals surface area contributed by atoms with Crippen molar-refractivity contribution >= 4 is 23.2 Å². The highest BCUT2D eigenvalue weighted by Gasteiger charge is 2.43. The van der Waals surface area contributed by atoms with Gasteiger partial charge in [0.05, 0.1) is 6.04 Å². The van der Waals surface area contributed by atoms with Crippen LogP contribution < -0.4 is 5.32 Å². The van der Waals surface area contributed by atoms with E-state index in [4.69, 9.17) is 0 Å². The van der Waals surface area contributed by atoms with E-state index < -0.39 is 17.5 Å². The topological polar surface area (TPSA) is 66.5 Å². The van der Waals surface area contributed by atoms with Crippen LogP contribution >= 0.6 is 0 Å². The molecule has 0 radical (unpaired) electrons. The quantitative estimate of drug-likeness (QED) is 0.598. The second-order valence-corrected chi connectivity index (χ2v) is 11.3. The molecular formula is C29H40N2O3. The molecule has 5 nitrogen and oxygen atoms in total. The maximum absolute atomic E-state index is 13.5.